The third kappa shape index (κ3) is 6.30. The van der Waals surface area contributed by atoms with Gasteiger partial charge in [0.05, 0.1) is 6.10 Å². The van der Waals surface area contributed by atoms with Crippen LogP contribution in [0.1, 0.15) is 20.8 Å². The second-order valence-corrected chi connectivity index (χ2v) is 12.4. The maximum absolute atomic E-state index is 6.38. The van der Waals surface area contributed by atoms with E-state index in [0.717, 1.165) is 5.75 Å². The van der Waals surface area contributed by atoms with Crippen LogP contribution in [-0.4, -0.2) is 21.0 Å². The molecule has 0 aliphatic carbocycles. The molecule has 21 heavy (non-hydrogen) atoms. The number of hydrogen-bond donors (Lipinski definition) is 0. The van der Waals surface area contributed by atoms with Crippen LogP contribution >= 0.6 is 34.2 Å². The van der Waals surface area contributed by atoms with Crippen molar-refractivity contribution in [3.8, 4) is 5.75 Å². The van der Waals surface area contributed by atoms with Crippen LogP contribution in [-0.2, 0) is 4.43 Å². The van der Waals surface area contributed by atoms with Crippen molar-refractivity contribution in [3.63, 3.8) is 0 Å². The van der Waals surface area contributed by atoms with Crippen molar-refractivity contribution in [3.05, 3.63) is 39.4 Å². The maximum Gasteiger partial charge on any atom is 0.193 e. The molecule has 5 heteroatoms. The molecule has 0 aromatic heterocycles. The Balaban J connectivity index is 2.71. The predicted molar refractivity (Wildman–Crippen MR) is 102 cm³/mol. The monoisotopic (exact) mass is 438 g/mol. The maximum atomic E-state index is 6.38. The molecular formula is C16H24ClIO2Si. The minimum Gasteiger partial charge on any atom is -0.491 e. The van der Waals surface area contributed by atoms with Crippen molar-refractivity contribution in [2.45, 2.75) is 45.0 Å². The van der Waals surface area contributed by atoms with Crippen molar-refractivity contribution >= 4 is 42.5 Å². The zero-order chi connectivity index (χ0) is 16.1. The summed E-state index contributed by atoms with van der Waals surface area (Å²) in [5.41, 5.74) is 0. The van der Waals surface area contributed by atoms with Crippen LogP contribution < -0.4 is 4.74 Å². The Hall–Kier alpha value is -0.0431. The average molecular weight is 439 g/mol. The Kier molecular flexibility index (Phi) is 7.23. The van der Waals surface area contributed by atoms with Gasteiger partial charge in [0.1, 0.15) is 12.4 Å². The number of rotatable bonds is 6. The molecule has 0 saturated heterocycles. The minimum atomic E-state index is -1.81. The molecule has 0 amide bonds. The quantitative estimate of drug-likeness (QED) is 0.397. The van der Waals surface area contributed by atoms with E-state index >= 15 is 0 Å². The van der Waals surface area contributed by atoms with E-state index in [2.05, 4.69) is 56.5 Å². The van der Waals surface area contributed by atoms with E-state index in [0.29, 0.717) is 11.6 Å². The molecule has 1 aromatic rings. The molecule has 0 aliphatic heterocycles. The SMILES string of the molecule is CC(C)(C)[Si](C)(C)OC(C=CI)COc1cccc(Cl)c1. The summed E-state index contributed by atoms with van der Waals surface area (Å²) in [7, 11) is -1.81. The lowest BCUT2D eigenvalue weighted by atomic mass is 10.2. The zero-order valence-electron chi connectivity index (χ0n) is 13.3. The molecule has 0 saturated carbocycles. The molecular weight excluding hydrogens is 415 g/mol. The number of ether oxygens (including phenoxy) is 1. The van der Waals surface area contributed by atoms with Crippen LogP contribution in [0, 0.1) is 0 Å². The van der Waals surface area contributed by atoms with Gasteiger partial charge in [-0.25, -0.2) is 0 Å². The normalized spacial score (nSPS) is 14.4. The first-order chi connectivity index (χ1) is 9.65. The molecule has 0 spiro atoms. The lowest BCUT2D eigenvalue weighted by Crippen LogP contribution is -2.44. The lowest BCUT2D eigenvalue weighted by molar-refractivity contribution is 0.150. The first-order valence-corrected chi connectivity index (χ1v) is 11.5. The van der Waals surface area contributed by atoms with Gasteiger partial charge in [-0.05, 0) is 46.5 Å². The van der Waals surface area contributed by atoms with Gasteiger partial charge in [0.25, 0.3) is 0 Å². The Bertz CT molecular complexity index is 483. The molecule has 118 valence electrons. The molecule has 0 bridgehead atoms. The van der Waals surface area contributed by atoms with E-state index in [9.17, 15) is 0 Å². The Morgan fingerprint density at radius 1 is 1.33 bits per heavy atom. The van der Waals surface area contributed by atoms with Crippen LogP contribution in [0.15, 0.2) is 34.4 Å². The molecule has 1 aromatic carbocycles. The highest BCUT2D eigenvalue weighted by molar-refractivity contribution is 14.1. The number of hydrogen-bond acceptors (Lipinski definition) is 2. The molecule has 0 N–H and O–H groups in total. The van der Waals surface area contributed by atoms with Crippen molar-refractivity contribution in [2.75, 3.05) is 6.61 Å². The van der Waals surface area contributed by atoms with Gasteiger partial charge in [0, 0.05) is 5.02 Å². The molecule has 1 atom stereocenters. The van der Waals surface area contributed by atoms with Crippen molar-refractivity contribution in [1.29, 1.82) is 0 Å². The Labute approximate surface area is 148 Å². The molecule has 1 unspecified atom stereocenters. The van der Waals surface area contributed by atoms with Crippen molar-refractivity contribution < 1.29 is 9.16 Å². The first-order valence-electron chi connectivity index (χ1n) is 6.99. The molecule has 0 fully saturated rings. The summed E-state index contributed by atoms with van der Waals surface area (Å²) in [6.45, 7) is 11.7. The average Bonchev–Trinajstić information content (AvgIpc) is 2.34. The third-order valence-electron chi connectivity index (χ3n) is 3.75. The summed E-state index contributed by atoms with van der Waals surface area (Å²) in [5, 5.41) is 0.860. The highest BCUT2D eigenvalue weighted by Gasteiger charge is 2.38. The van der Waals surface area contributed by atoms with Gasteiger partial charge in [0.2, 0.25) is 0 Å². The van der Waals surface area contributed by atoms with Crippen LogP contribution in [0.3, 0.4) is 0 Å². The standard InChI is InChI=1S/C16H24ClIO2Si/c1-16(2,3)21(4,5)20-15(9-10-18)12-19-14-8-6-7-13(17)11-14/h6-11,15H,12H2,1-5H3. The minimum absolute atomic E-state index is 0.0400. The highest BCUT2D eigenvalue weighted by atomic mass is 127. The van der Waals surface area contributed by atoms with E-state index < -0.39 is 8.32 Å². The van der Waals surface area contributed by atoms with Gasteiger partial charge in [0.15, 0.2) is 8.32 Å². The van der Waals surface area contributed by atoms with Crippen molar-refractivity contribution in [1.82, 2.24) is 0 Å². The summed E-state index contributed by atoms with van der Waals surface area (Å²) in [6.07, 6.45) is 2.01. The van der Waals surface area contributed by atoms with Gasteiger partial charge in [-0.15, -0.1) is 0 Å². The van der Waals surface area contributed by atoms with E-state index in [-0.39, 0.29) is 11.1 Å². The van der Waals surface area contributed by atoms with Crippen LogP contribution in [0.5, 0.6) is 5.75 Å². The van der Waals surface area contributed by atoms with Gasteiger partial charge >= 0.3 is 0 Å². The lowest BCUT2D eigenvalue weighted by Gasteiger charge is -2.38. The Morgan fingerprint density at radius 2 is 2.00 bits per heavy atom. The highest BCUT2D eigenvalue weighted by Crippen LogP contribution is 2.37. The Morgan fingerprint density at radius 3 is 2.52 bits per heavy atom. The van der Waals surface area contributed by atoms with Gasteiger partial charge in [-0.2, -0.15) is 0 Å². The van der Waals surface area contributed by atoms with E-state index in [1.807, 2.05) is 34.4 Å². The zero-order valence-corrected chi connectivity index (χ0v) is 17.2. The van der Waals surface area contributed by atoms with Crippen LogP contribution in [0.2, 0.25) is 23.2 Å². The second-order valence-electron chi connectivity index (χ2n) is 6.50. The fourth-order valence-electron chi connectivity index (χ4n) is 1.50. The molecule has 0 aliphatic rings. The molecule has 1 rings (SSSR count). The topological polar surface area (TPSA) is 18.5 Å². The van der Waals surface area contributed by atoms with E-state index in [1.54, 1.807) is 0 Å². The molecule has 2 nitrogen and oxygen atoms in total. The second kappa shape index (κ2) is 7.99. The molecule has 0 radical (unpaired) electrons. The van der Waals surface area contributed by atoms with Crippen LogP contribution in [0.4, 0.5) is 0 Å². The summed E-state index contributed by atoms with van der Waals surface area (Å²) < 4.78 is 14.2. The van der Waals surface area contributed by atoms with Gasteiger partial charge in [-0.3, -0.25) is 0 Å². The van der Waals surface area contributed by atoms with Gasteiger partial charge in [-0.1, -0.05) is 61.0 Å². The fourth-order valence-corrected chi connectivity index (χ4v) is 3.40. The van der Waals surface area contributed by atoms with E-state index in [4.69, 9.17) is 20.8 Å². The summed E-state index contributed by atoms with van der Waals surface area (Å²) in [4.78, 5) is 0. The van der Waals surface area contributed by atoms with Gasteiger partial charge < -0.3 is 9.16 Å². The first kappa shape index (κ1) is 19.0. The third-order valence-corrected chi connectivity index (χ3v) is 8.90. The number of benzene rings is 1. The number of halogens is 2. The summed E-state index contributed by atoms with van der Waals surface area (Å²) in [6, 6.07) is 7.44. The summed E-state index contributed by atoms with van der Waals surface area (Å²) >= 11 is 8.18. The van der Waals surface area contributed by atoms with E-state index in [1.165, 1.54) is 0 Å². The van der Waals surface area contributed by atoms with Crippen molar-refractivity contribution in [2.24, 2.45) is 0 Å². The van der Waals surface area contributed by atoms with Crippen LogP contribution in [0.25, 0.3) is 0 Å². The molecule has 0 heterocycles. The summed E-state index contributed by atoms with van der Waals surface area (Å²) in [5.74, 6) is 0.771. The smallest absolute Gasteiger partial charge is 0.193 e. The predicted octanol–water partition coefficient (Wildman–Crippen LogP) is 6.06. The fraction of sp³-hybridized carbons (Fsp3) is 0.500. The largest absolute Gasteiger partial charge is 0.491 e.